The minimum absolute atomic E-state index is 0.0389. The molecule has 206 valence electrons. The Balaban J connectivity index is 1.41. The van der Waals surface area contributed by atoms with Gasteiger partial charge in [0.2, 0.25) is 5.91 Å². The van der Waals surface area contributed by atoms with Crippen LogP contribution in [0.4, 0.5) is 14.9 Å². The van der Waals surface area contributed by atoms with E-state index in [-0.39, 0.29) is 30.1 Å². The Morgan fingerprint density at radius 1 is 1.05 bits per heavy atom. The van der Waals surface area contributed by atoms with Gasteiger partial charge in [0.1, 0.15) is 17.3 Å². The first-order chi connectivity index (χ1) is 18.6. The molecule has 0 bridgehead atoms. The number of carbonyl (C=O) groups excluding carboxylic acids is 2. The average molecular weight is 617 g/mol. The molecule has 0 unspecified atom stereocenters. The van der Waals surface area contributed by atoms with Crippen molar-refractivity contribution >= 4 is 45.2 Å². The third-order valence-corrected chi connectivity index (χ3v) is 8.07. The number of nitrogens with one attached hydrogen (secondary N) is 2. The lowest BCUT2D eigenvalue weighted by Gasteiger charge is -2.29. The summed E-state index contributed by atoms with van der Waals surface area (Å²) in [4.78, 5) is 28.0. The third kappa shape index (κ3) is 7.11. The highest BCUT2D eigenvalue weighted by molar-refractivity contribution is 9.10. The van der Waals surface area contributed by atoms with E-state index in [9.17, 15) is 14.0 Å². The van der Waals surface area contributed by atoms with E-state index >= 15 is 0 Å². The molecule has 1 aliphatic rings. The number of nitrogens with zero attached hydrogens (tertiary/aromatic N) is 1. The van der Waals surface area contributed by atoms with E-state index in [1.54, 1.807) is 13.1 Å². The maximum Gasteiger partial charge on any atom is 0.317 e. The lowest BCUT2D eigenvalue weighted by Crippen LogP contribution is -2.47. The van der Waals surface area contributed by atoms with Gasteiger partial charge in [0, 0.05) is 35.4 Å². The Morgan fingerprint density at radius 2 is 1.79 bits per heavy atom. The third-order valence-electron chi connectivity index (χ3n) is 7.29. The number of urea groups is 1. The Labute approximate surface area is 242 Å². The predicted molar refractivity (Wildman–Crippen MR) is 156 cm³/mol. The van der Waals surface area contributed by atoms with Crippen LogP contribution >= 0.6 is 27.5 Å². The van der Waals surface area contributed by atoms with Crippen LogP contribution in [-0.4, -0.2) is 30.4 Å². The SMILES string of the molecule is Cc1ccc(NC(=O)C2(CNC(=O)N(C)Cc3ccc(Br)cc3Oc3ccc(F)c(Cl)c3)CCCC2)cc1C. The highest BCUT2D eigenvalue weighted by atomic mass is 79.9. The number of benzene rings is 3. The van der Waals surface area contributed by atoms with E-state index in [1.807, 2.05) is 44.2 Å². The molecule has 1 fully saturated rings. The van der Waals surface area contributed by atoms with Crippen molar-refractivity contribution in [2.75, 3.05) is 18.9 Å². The molecule has 0 aliphatic heterocycles. The number of amides is 3. The summed E-state index contributed by atoms with van der Waals surface area (Å²) in [6.45, 7) is 4.56. The van der Waals surface area contributed by atoms with E-state index in [0.29, 0.717) is 11.5 Å². The van der Waals surface area contributed by atoms with E-state index in [0.717, 1.165) is 47.0 Å². The molecule has 1 saturated carbocycles. The smallest absolute Gasteiger partial charge is 0.317 e. The van der Waals surface area contributed by atoms with Crippen molar-refractivity contribution in [3.8, 4) is 11.5 Å². The van der Waals surface area contributed by atoms with Crippen molar-refractivity contribution in [2.45, 2.75) is 46.1 Å². The zero-order chi connectivity index (χ0) is 28.2. The van der Waals surface area contributed by atoms with Crippen LogP contribution in [0.2, 0.25) is 5.02 Å². The van der Waals surface area contributed by atoms with Gasteiger partial charge in [0.25, 0.3) is 0 Å². The summed E-state index contributed by atoms with van der Waals surface area (Å²) in [5, 5.41) is 6.02. The molecule has 0 saturated heterocycles. The summed E-state index contributed by atoms with van der Waals surface area (Å²) in [7, 11) is 1.69. The zero-order valence-corrected chi connectivity index (χ0v) is 24.6. The lowest BCUT2D eigenvalue weighted by atomic mass is 9.85. The summed E-state index contributed by atoms with van der Waals surface area (Å²) in [5.41, 5.74) is 3.15. The van der Waals surface area contributed by atoms with Crippen LogP contribution in [-0.2, 0) is 11.3 Å². The normalized spacial score (nSPS) is 14.1. The molecule has 3 aromatic carbocycles. The Bertz CT molecular complexity index is 1380. The number of carbonyl (C=O) groups is 2. The molecule has 3 amide bonds. The van der Waals surface area contributed by atoms with Crippen molar-refractivity contribution in [3.05, 3.63) is 86.6 Å². The molecular weight excluding hydrogens is 585 g/mol. The first-order valence-corrected chi connectivity index (χ1v) is 14.0. The van der Waals surface area contributed by atoms with Crippen LogP contribution in [0.1, 0.15) is 42.4 Å². The number of rotatable bonds is 8. The molecule has 0 radical (unpaired) electrons. The van der Waals surface area contributed by atoms with Crippen molar-refractivity contribution < 1.29 is 18.7 Å². The fraction of sp³-hybridized carbons (Fsp3) is 0.333. The van der Waals surface area contributed by atoms with Crippen LogP contribution in [0.15, 0.2) is 59.1 Å². The zero-order valence-electron chi connectivity index (χ0n) is 22.2. The maximum atomic E-state index is 13.6. The molecule has 0 atom stereocenters. The van der Waals surface area contributed by atoms with Crippen LogP contribution in [0.3, 0.4) is 0 Å². The van der Waals surface area contributed by atoms with Crippen molar-refractivity contribution in [1.82, 2.24) is 10.2 Å². The Morgan fingerprint density at radius 3 is 2.49 bits per heavy atom. The topological polar surface area (TPSA) is 70.7 Å². The highest BCUT2D eigenvalue weighted by Gasteiger charge is 2.41. The first kappa shape index (κ1) is 28.9. The second-order valence-electron chi connectivity index (χ2n) is 10.2. The molecule has 2 N–H and O–H groups in total. The highest BCUT2D eigenvalue weighted by Crippen LogP contribution is 2.39. The van der Waals surface area contributed by atoms with Crippen LogP contribution < -0.4 is 15.4 Å². The van der Waals surface area contributed by atoms with Crippen molar-refractivity contribution in [3.63, 3.8) is 0 Å². The van der Waals surface area contributed by atoms with Crippen molar-refractivity contribution in [2.24, 2.45) is 5.41 Å². The first-order valence-electron chi connectivity index (χ1n) is 12.9. The predicted octanol–water partition coefficient (Wildman–Crippen LogP) is 7.99. The molecule has 0 heterocycles. The maximum absolute atomic E-state index is 13.6. The Hall–Kier alpha value is -3.10. The van der Waals surface area contributed by atoms with Gasteiger partial charge in [-0.1, -0.05) is 52.5 Å². The summed E-state index contributed by atoms with van der Waals surface area (Å²) in [5.74, 6) is 0.294. The van der Waals surface area contributed by atoms with E-state index in [4.69, 9.17) is 16.3 Å². The van der Waals surface area contributed by atoms with Gasteiger partial charge < -0.3 is 20.3 Å². The molecule has 3 aromatic rings. The van der Waals surface area contributed by atoms with Gasteiger partial charge in [-0.25, -0.2) is 9.18 Å². The fourth-order valence-corrected chi connectivity index (χ4v) is 5.26. The molecule has 0 spiro atoms. The van der Waals surface area contributed by atoms with Gasteiger partial charge in [-0.15, -0.1) is 0 Å². The second kappa shape index (κ2) is 12.4. The monoisotopic (exact) mass is 615 g/mol. The molecule has 9 heteroatoms. The summed E-state index contributed by atoms with van der Waals surface area (Å²) in [6, 6.07) is 15.2. The number of aryl methyl sites for hydroxylation is 2. The lowest BCUT2D eigenvalue weighted by molar-refractivity contribution is -0.125. The van der Waals surface area contributed by atoms with Crippen LogP contribution in [0, 0.1) is 25.1 Å². The number of halogens is 3. The average Bonchev–Trinajstić information content (AvgIpc) is 3.39. The molecule has 6 nitrogen and oxygen atoms in total. The molecule has 1 aliphatic carbocycles. The van der Waals surface area contributed by atoms with Gasteiger partial charge in [0.05, 0.1) is 17.0 Å². The minimum atomic E-state index is -0.650. The number of hydrogen-bond acceptors (Lipinski definition) is 3. The van der Waals surface area contributed by atoms with E-state index < -0.39 is 11.2 Å². The summed E-state index contributed by atoms with van der Waals surface area (Å²) in [6.07, 6.45) is 3.33. The number of anilines is 1. The van der Waals surface area contributed by atoms with Gasteiger partial charge in [-0.05, 0) is 74.2 Å². The van der Waals surface area contributed by atoms with Crippen LogP contribution in [0.25, 0.3) is 0 Å². The van der Waals surface area contributed by atoms with Gasteiger partial charge in [0.15, 0.2) is 0 Å². The standard InChI is InChI=1S/C30H32BrClFN3O3/c1-19-6-9-23(14-20(19)2)35-28(37)30(12-4-5-13-30)18-34-29(38)36(3)17-21-7-8-22(31)15-27(21)39-24-10-11-26(33)25(32)16-24/h6-11,14-16H,4-5,12-13,17-18H2,1-3H3,(H,34,38)(H,35,37). The van der Waals surface area contributed by atoms with Crippen molar-refractivity contribution in [1.29, 1.82) is 0 Å². The molecule has 4 rings (SSSR count). The number of ether oxygens (including phenoxy) is 1. The molecule has 39 heavy (non-hydrogen) atoms. The van der Waals surface area contributed by atoms with E-state index in [2.05, 4.69) is 26.6 Å². The van der Waals surface area contributed by atoms with E-state index in [1.165, 1.54) is 28.7 Å². The minimum Gasteiger partial charge on any atom is -0.457 e. The van der Waals surface area contributed by atoms with Gasteiger partial charge in [-0.2, -0.15) is 0 Å². The largest absolute Gasteiger partial charge is 0.457 e. The molecule has 0 aromatic heterocycles. The summed E-state index contributed by atoms with van der Waals surface area (Å²) >= 11 is 9.35. The second-order valence-corrected chi connectivity index (χ2v) is 11.5. The fourth-order valence-electron chi connectivity index (χ4n) is 4.75. The quantitative estimate of drug-likeness (QED) is 0.270. The van der Waals surface area contributed by atoms with Gasteiger partial charge in [-0.3, -0.25) is 4.79 Å². The van der Waals surface area contributed by atoms with Crippen LogP contribution in [0.5, 0.6) is 11.5 Å². The van der Waals surface area contributed by atoms with Gasteiger partial charge >= 0.3 is 6.03 Å². The Kier molecular flexibility index (Phi) is 9.18. The molecular formula is C30H32BrClFN3O3. The summed E-state index contributed by atoms with van der Waals surface area (Å²) < 4.78 is 20.3. The number of hydrogen-bond donors (Lipinski definition) is 2.